The van der Waals surface area contributed by atoms with Gasteiger partial charge < -0.3 is 5.73 Å². The zero-order valence-corrected chi connectivity index (χ0v) is 10.2. The Balaban J connectivity index is 1.79. The van der Waals surface area contributed by atoms with Crippen LogP contribution in [-0.4, -0.2) is 0 Å². The highest BCUT2D eigenvalue weighted by Crippen LogP contribution is 2.15. The monoisotopic (exact) mass is 226 g/mol. The van der Waals surface area contributed by atoms with E-state index >= 15 is 0 Å². The van der Waals surface area contributed by atoms with E-state index < -0.39 is 0 Å². The topological polar surface area (TPSA) is 27.6 Å². The molecule has 0 spiro atoms. The molecule has 2 rings (SSSR count). The molecule has 0 fully saturated rings. The fourth-order valence-electron chi connectivity index (χ4n) is 2.09. The Morgan fingerprint density at radius 1 is 0.824 bits per heavy atom. The second-order valence-electron chi connectivity index (χ2n) is 4.49. The number of rotatable bonds is 5. The molecule has 0 aromatic heterocycles. The Bertz CT molecular complexity index is 422. The first-order chi connectivity index (χ1) is 8.36. The van der Waals surface area contributed by atoms with E-state index in [2.05, 4.69) is 66.4 Å². The minimum Gasteiger partial charge on any atom is -0.351 e. The van der Waals surface area contributed by atoms with Crippen molar-refractivity contribution in [1.82, 2.24) is 0 Å². The van der Waals surface area contributed by atoms with Gasteiger partial charge in [-0.1, -0.05) is 60.7 Å². The Morgan fingerprint density at radius 3 is 2.06 bits per heavy atom. The van der Waals surface area contributed by atoms with E-state index in [0.29, 0.717) is 6.04 Å². The van der Waals surface area contributed by atoms with Crippen LogP contribution in [0.5, 0.6) is 0 Å². The van der Waals surface area contributed by atoms with E-state index in [1.165, 1.54) is 17.5 Å². The van der Waals surface area contributed by atoms with E-state index in [1.807, 2.05) is 0 Å². The van der Waals surface area contributed by atoms with Gasteiger partial charge in [-0.25, -0.2) is 0 Å². The van der Waals surface area contributed by atoms with Crippen LogP contribution in [0.25, 0.3) is 0 Å². The van der Waals surface area contributed by atoms with E-state index in [9.17, 15) is 0 Å². The number of hydrogen-bond donors (Lipinski definition) is 1. The standard InChI is InChI=1S/C16H19N/c17-16(15-11-5-2-6-12-15)13-7-10-14-8-3-1-4-9-14/h1-6,8-9,11-12,16H,7,10,13,17H2/p+1/t16-/m0/s1. The van der Waals surface area contributed by atoms with Crippen LogP contribution in [0, 0.1) is 0 Å². The molecule has 88 valence electrons. The number of quaternary nitrogens is 1. The molecule has 2 aromatic carbocycles. The van der Waals surface area contributed by atoms with Crippen molar-refractivity contribution in [3.05, 3.63) is 71.8 Å². The van der Waals surface area contributed by atoms with Gasteiger partial charge in [-0.3, -0.25) is 0 Å². The van der Waals surface area contributed by atoms with Crippen molar-refractivity contribution < 1.29 is 5.73 Å². The van der Waals surface area contributed by atoms with Gasteiger partial charge in [0.2, 0.25) is 0 Å². The van der Waals surface area contributed by atoms with Crippen molar-refractivity contribution in [3.8, 4) is 0 Å². The van der Waals surface area contributed by atoms with Gasteiger partial charge in [0, 0.05) is 12.0 Å². The highest BCUT2D eigenvalue weighted by molar-refractivity contribution is 5.17. The molecule has 0 aliphatic rings. The van der Waals surface area contributed by atoms with Gasteiger partial charge >= 0.3 is 0 Å². The van der Waals surface area contributed by atoms with Crippen molar-refractivity contribution in [1.29, 1.82) is 0 Å². The normalized spacial score (nSPS) is 12.3. The summed E-state index contributed by atoms with van der Waals surface area (Å²) < 4.78 is 0. The molecule has 1 nitrogen and oxygen atoms in total. The van der Waals surface area contributed by atoms with Gasteiger partial charge in [0.05, 0.1) is 0 Å². The lowest BCUT2D eigenvalue weighted by Crippen LogP contribution is -2.53. The summed E-state index contributed by atoms with van der Waals surface area (Å²) in [4.78, 5) is 0. The number of aryl methyl sites for hydroxylation is 1. The molecule has 0 bridgehead atoms. The summed E-state index contributed by atoms with van der Waals surface area (Å²) in [6.45, 7) is 0. The number of benzene rings is 2. The predicted molar refractivity (Wildman–Crippen MR) is 71.5 cm³/mol. The quantitative estimate of drug-likeness (QED) is 0.811. The fraction of sp³-hybridized carbons (Fsp3) is 0.250. The second-order valence-corrected chi connectivity index (χ2v) is 4.49. The van der Waals surface area contributed by atoms with Crippen LogP contribution in [0.3, 0.4) is 0 Å². The van der Waals surface area contributed by atoms with Gasteiger partial charge in [-0.15, -0.1) is 0 Å². The van der Waals surface area contributed by atoms with Crippen LogP contribution in [0.15, 0.2) is 60.7 Å². The lowest BCUT2D eigenvalue weighted by atomic mass is 10.00. The summed E-state index contributed by atoms with van der Waals surface area (Å²) in [6, 6.07) is 21.6. The van der Waals surface area contributed by atoms with Gasteiger partial charge in [0.1, 0.15) is 6.04 Å². The molecule has 1 atom stereocenters. The van der Waals surface area contributed by atoms with E-state index in [-0.39, 0.29) is 0 Å². The molecular weight excluding hydrogens is 206 g/mol. The molecule has 1 heteroatoms. The van der Waals surface area contributed by atoms with Gasteiger partial charge in [-0.2, -0.15) is 0 Å². The molecule has 3 N–H and O–H groups in total. The molecule has 0 amide bonds. The van der Waals surface area contributed by atoms with Crippen molar-refractivity contribution >= 4 is 0 Å². The van der Waals surface area contributed by atoms with Crippen molar-refractivity contribution in [2.24, 2.45) is 0 Å². The maximum absolute atomic E-state index is 4.24. The predicted octanol–water partition coefficient (Wildman–Crippen LogP) is 2.99. The minimum atomic E-state index is 0.417. The van der Waals surface area contributed by atoms with E-state index in [1.54, 1.807) is 0 Å². The Labute approximate surface area is 103 Å². The van der Waals surface area contributed by atoms with Crippen molar-refractivity contribution in [2.75, 3.05) is 0 Å². The number of hydrogen-bond acceptors (Lipinski definition) is 0. The SMILES string of the molecule is [NH3+][C@@H](CCCc1ccccc1)c1ccccc1. The van der Waals surface area contributed by atoms with Crippen LogP contribution in [0.4, 0.5) is 0 Å². The van der Waals surface area contributed by atoms with Crippen LogP contribution in [0.2, 0.25) is 0 Å². The van der Waals surface area contributed by atoms with Crippen molar-refractivity contribution in [2.45, 2.75) is 25.3 Å². The molecule has 17 heavy (non-hydrogen) atoms. The van der Waals surface area contributed by atoms with Crippen molar-refractivity contribution in [3.63, 3.8) is 0 Å². The highest BCUT2D eigenvalue weighted by Gasteiger charge is 2.08. The lowest BCUT2D eigenvalue weighted by Gasteiger charge is -2.08. The molecule has 0 saturated heterocycles. The summed E-state index contributed by atoms with van der Waals surface area (Å²) in [7, 11) is 0. The third kappa shape index (κ3) is 3.72. The lowest BCUT2D eigenvalue weighted by molar-refractivity contribution is -0.428. The second kappa shape index (κ2) is 6.21. The minimum absolute atomic E-state index is 0.417. The third-order valence-electron chi connectivity index (χ3n) is 3.13. The molecule has 0 radical (unpaired) electrons. The summed E-state index contributed by atoms with van der Waals surface area (Å²) in [5, 5.41) is 0. The first-order valence-corrected chi connectivity index (χ1v) is 6.28. The molecule has 0 heterocycles. The maximum atomic E-state index is 4.24. The highest BCUT2D eigenvalue weighted by atomic mass is 14.6. The Kier molecular flexibility index (Phi) is 4.34. The molecule has 0 aliphatic carbocycles. The Hall–Kier alpha value is -1.60. The summed E-state index contributed by atoms with van der Waals surface area (Å²) in [5.74, 6) is 0. The summed E-state index contributed by atoms with van der Waals surface area (Å²) >= 11 is 0. The zero-order valence-electron chi connectivity index (χ0n) is 10.2. The van der Waals surface area contributed by atoms with E-state index in [4.69, 9.17) is 0 Å². The molecule has 2 aromatic rings. The average Bonchev–Trinajstić information content (AvgIpc) is 2.41. The van der Waals surface area contributed by atoms with Gasteiger partial charge in [0.15, 0.2) is 0 Å². The molecular formula is C16H20N+. The third-order valence-corrected chi connectivity index (χ3v) is 3.13. The maximum Gasteiger partial charge on any atom is 0.110 e. The smallest absolute Gasteiger partial charge is 0.110 e. The molecule has 0 aliphatic heterocycles. The van der Waals surface area contributed by atoms with E-state index in [0.717, 1.165) is 12.8 Å². The summed E-state index contributed by atoms with van der Waals surface area (Å²) in [6.07, 6.45) is 3.51. The van der Waals surface area contributed by atoms with Gasteiger partial charge in [-0.05, 0) is 18.4 Å². The summed E-state index contributed by atoms with van der Waals surface area (Å²) in [5.41, 5.74) is 7.01. The van der Waals surface area contributed by atoms with Crippen LogP contribution in [0.1, 0.15) is 30.0 Å². The zero-order chi connectivity index (χ0) is 11.9. The average molecular weight is 226 g/mol. The molecule has 0 unspecified atom stereocenters. The van der Waals surface area contributed by atoms with Crippen LogP contribution in [-0.2, 0) is 6.42 Å². The Morgan fingerprint density at radius 2 is 1.41 bits per heavy atom. The molecule has 0 saturated carbocycles. The first kappa shape index (κ1) is 11.9. The first-order valence-electron chi connectivity index (χ1n) is 6.28. The fourth-order valence-corrected chi connectivity index (χ4v) is 2.09. The van der Waals surface area contributed by atoms with Crippen LogP contribution >= 0.6 is 0 Å². The van der Waals surface area contributed by atoms with Gasteiger partial charge in [0.25, 0.3) is 0 Å². The largest absolute Gasteiger partial charge is 0.351 e. The van der Waals surface area contributed by atoms with Crippen LogP contribution < -0.4 is 5.73 Å².